The number of methoxy groups -OCH3 is 1. The van der Waals surface area contributed by atoms with Crippen molar-refractivity contribution in [2.45, 2.75) is 39.8 Å². The van der Waals surface area contributed by atoms with Crippen LogP contribution in [0.1, 0.15) is 36.8 Å². The summed E-state index contributed by atoms with van der Waals surface area (Å²) in [7, 11) is 1.66. The van der Waals surface area contributed by atoms with Gasteiger partial charge in [0.1, 0.15) is 11.6 Å². The largest absolute Gasteiger partial charge is 0.394 e. The Hall–Kier alpha value is -2.10. The van der Waals surface area contributed by atoms with Gasteiger partial charge in [-0.05, 0) is 45.4 Å². The van der Waals surface area contributed by atoms with Crippen molar-refractivity contribution in [2.24, 2.45) is 0 Å². The number of carbonyl (C=O) groups excluding carboxylic acids is 1. The number of aliphatic hydroxyl groups excluding tert-OH is 1. The number of hydrogen-bond donors (Lipinski definition) is 2. The second kappa shape index (κ2) is 8.51. The number of amides is 1. The first-order valence-electron chi connectivity index (χ1n) is 7.56. The lowest BCUT2D eigenvalue weighted by Crippen LogP contribution is -2.35. The van der Waals surface area contributed by atoms with Crippen molar-refractivity contribution < 1.29 is 14.6 Å². The molecular weight excluding hydrogens is 294 g/mol. The molecule has 6 heteroatoms. The first-order chi connectivity index (χ1) is 10.8. The molecule has 0 radical (unpaired) electrons. The third kappa shape index (κ3) is 4.68. The van der Waals surface area contributed by atoms with E-state index >= 15 is 0 Å². The van der Waals surface area contributed by atoms with Crippen LogP contribution in [0.15, 0.2) is 11.6 Å². The van der Waals surface area contributed by atoms with Crippen molar-refractivity contribution in [1.29, 1.82) is 5.26 Å². The highest BCUT2D eigenvalue weighted by atomic mass is 16.5. The van der Waals surface area contributed by atoms with Gasteiger partial charge in [0, 0.05) is 24.5 Å². The molecule has 126 valence electrons. The molecule has 2 unspecified atom stereocenters. The summed E-state index contributed by atoms with van der Waals surface area (Å²) >= 11 is 0. The minimum atomic E-state index is -0.483. The van der Waals surface area contributed by atoms with Crippen molar-refractivity contribution in [3.8, 4) is 6.07 Å². The van der Waals surface area contributed by atoms with Crippen LogP contribution >= 0.6 is 0 Å². The summed E-state index contributed by atoms with van der Waals surface area (Å²) in [6, 6.07) is 3.64. The fourth-order valence-corrected chi connectivity index (χ4v) is 2.59. The van der Waals surface area contributed by atoms with Crippen LogP contribution in [0.3, 0.4) is 0 Å². The van der Waals surface area contributed by atoms with Crippen LogP contribution in [0.25, 0.3) is 6.08 Å². The van der Waals surface area contributed by atoms with E-state index in [0.29, 0.717) is 6.61 Å². The number of nitriles is 1. The highest BCUT2D eigenvalue weighted by Gasteiger charge is 2.16. The molecule has 0 aliphatic rings. The van der Waals surface area contributed by atoms with Crippen molar-refractivity contribution >= 4 is 12.0 Å². The Morgan fingerprint density at radius 3 is 2.70 bits per heavy atom. The molecule has 0 aliphatic heterocycles. The van der Waals surface area contributed by atoms with Crippen LogP contribution in [-0.2, 0) is 9.53 Å². The van der Waals surface area contributed by atoms with Gasteiger partial charge in [0.25, 0.3) is 5.91 Å². The summed E-state index contributed by atoms with van der Waals surface area (Å²) in [6.07, 6.45) is 1.58. The van der Waals surface area contributed by atoms with Gasteiger partial charge in [-0.2, -0.15) is 5.26 Å². The summed E-state index contributed by atoms with van der Waals surface area (Å²) in [6.45, 7) is 8.07. The number of nitrogens with one attached hydrogen (secondary N) is 1. The third-order valence-corrected chi connectivity index (χ3v) is 3.69. The van der Waals surface area contributed by atoms with Gasteiger partial charge in [-0.15, -0.1) is 0 Å². The molecule has 0 aliphatic carbocycles. The average Bonchev–Trinajstić information content (AvgIpc) is 2.78. The van der Waals surface area contributed by atoms with Crippen LogP contribution in [0.2, 0.25) is 0 Å². The molecule has 0 fully saturated rings. The molecule has 0 saturated heterocycles. The van der Waals surface area contributed by atoms with Crippen molar-refractivity contribution in [3.63, 3.8) is 0 Å². The molecule has 0 aromatic carbocycles. The lowest BCUT2D eigenvalue weighted by Gasteiger charge is -2.17. The number of aryl methyl sites for hydroxylation is 1. The van der Waals surface area contributed by atoms with Crippen LogP contribution in [0.4, 0.5) is 0 Å². The monoisotopic (exact) mass is 319 g/mol. The van der Waals surface area contributed by atoms with Gasteiger partial charge >= 0.3 is 0 Å². The first-order valence-corrected chi connectivity index (χ1v) is 7.56. The Kier molecular flexibility index (Phi) is 7.01. The average molecular weight is 319 g/mol. The van der Waals surface area contributed by atoms with E-state index in [9.17, 15) is 10.1 Å². The van der Waals surface area contributed by atoms with Gasteiger partial charge in [-0.3, -0.25) is 4.79 Å². The molecule has 1 amide bonds. The van der Waals surface area contributed by atoms with Crippen LogP contribution < -0.4 is 5.32 Å². The minimum absolute atomic E-state index is 0.0185. The lowest BCUT2D eigenvalue weighted by molar-refractivity contribution is -0.117. The van der Waals surface area contributed by atoms with E-state index in [2.05, 4.69) is 16.8 Å². The van der Waals surface area contributed by atoms with Gasteiger partial charge in [0.05, 0.1) is 19.3 Å². The maximum absolute atomic E-state index is 12.0. The Morgan fingerprint density at radius 2 is 2.17 bits per heavy atom. The predicted molar refractivity (Wildman–Crippen MR) is 88.8 cm³/mol. The van der Waals surface area contributed by atoms with E-state index in [0.717, 1.165) is 17.0 Å². The maximum atomic E-state index is 12.0. The maximum Gasteiger partial charge on any atom is 0.262 e. The second-order valence-electron chi connectivity index (χ2n) is 5.73. The van der Waals surface area contributed by atoms with Crippen molar-refractivity contribution in [3.05, 3.63) is 28.6 Å². The molecule has 0 saturated carbocycles. The molecule has 1 aromatic heterocycles. The summed E-state index contributed by atoms with van der Waals surface area (Å²) in [5, 5.41) is 20.8. The number of hydrogen-bond acceptors (Lipinski definition) is 4. The second-order valence-corrected chi connectivity index (χ2v) is 5.73. The van der Waals surface area contributed by atoms with Gasteiger partial charge in [-0.25, -0.2) is 0 Å². The summed E-state index contributed by atoms with van der Waals surface area (Å²) in [4.78, 5) is 12.0. The summed E-state index contributed by atoms with van der Waals surface area (Å²) in [5.41, 5.74) is 2.86. The Morgan fingerprint density at radius 1 is 1.52 bits per heavy atom. The number of nitrogens with zero attached hydrogens (tertiary/aromatic N) is 2. The summed E-state index contributed by atoms with van der Waals surface area (Å²) < 4.78 is 7.32. The van der Waals surface area contributed by atoms with Crippen LogP contribution in [0, 0.1) is 25.2 Å². The fourth-order valence-electron chi connectivity index (χ4n) is 2.59. The number of aliphatic hydroxyl groups is 1. The van der Waals surface area contributed by atoms with Crippen LogP contribution in [-0.4, -0.2) is 41.9 Å². The molecule has 23 heavy (non-hydrogen) atoms. The number of aromatic nitrogens is 1. The predicted octanol–water partition coefficient (Wildman–Crippen LogP) is 1.72. The zero-order chi connectivity index (χ0) is 17.6. The van der Waals surface area contributed by atoms with Gasteiger partial charge in [0.2, 0.25) is 0 Å². The SMILES string of the molecule is COCC(C)n1c(C)cc(/C=C(/C#N)C(=O)NC(C)CO)c1C. The van der Waals surface area contributed by atoms with Gasteiger partial charge in [-0.1, -0.05) is 0 Å². The van der Waals surface area contributed by atoms with E-state index in [1.54, 1.807) is 20.1 Å². The number of ether oxygens (including phenoxy) is 1. The molecule has 2 atom stereocenters. The zero-order valence-corrected chi connectivity index (χ0v) is 14.4. The van der Waals surface area contributed by atoms with Crippen LogP contribution in [0.5, 0.6) is 0 Å². The molecule has 0 spiro atoms. The van der Waals surface area contributed by atoms with Crippen molar-refractivity contribution in [2.75, 3.05) is 20.3 Å². The number of carbonyl (C=O) groups is 1. The smallest absolute Gasteiger partial charge is 0.262 e. The topological polar surface area (TPSA) is 87.3 Å². The molecule has 1 aromatic rings. The molecule has 2 N–H and O–H groups in total. The van der Waals surface area contributed by atoms with E-state index in [1.165, 1.54) is 0 Å². The lowest BCUT2D eigenvalue weighted by atomic mass is 10.1. The molecule has 1 rings (SSSR count). The molecule has 1 heterocycles. The molecular formula is C17H25N3O3. The van der Waals surface area contributed by atoms with E-state index in [4.69, 9.17) is 9.84 Å². The highest BCUT2D eigenvalue weighted by molar-refractivity contribution is 6.01. The van der Waals surface area contributed by atoms with Gasteiger partial charge in [0.15, 0.2) is 0 Å². The Balaban J connectivity index is 3.13. The minimum Gasteiger partial charge on any atom is -0.394 e. The van der Waals surface area contributed by atoms with E-state index in [-0.39, 0.29) is 18.2 Å². The first kappa shape index (κ1) is 18.9. The standard InChI is InChI=1S/C17H25N3O3/c1-11(9-21)19-17(22)16(8-18)7-15-6-12(2)20(14(15)4)13(3)10-23-5/h6-7,11,13,21H,9-10H2,1-5H3,(H,19,22)/b16-7-. The Labute approximate surface area is 137 Å². The van der Waals surface area contributed by atoms with Gasteiger partial charge < -0.3 is 19.7 Å². The summed E-state index contributed by atoms with van der Waals surface area (Å²) in [5.74, 6) is -0.483. The molecule has 6 nitrogen and oxygen atoms in total. The van der Waals surface area contributed by atoms with Crippen molar-refractivity contribution in [1.82, 2.24) is 9.88 Å². The Bertz CT molecular complexity index is 626. The quantitative estimate of drug-likeness (QED) is 0.592. The normalized spacial score (nSPS) is 14.2. The van der Waals surface area contributed by atoms with E-state index in [1.807, 2.05) is 26.0 Å². The zero-order valence-electron chi connectivity index (χ0n) is 14.4. The third-order valence-electron chi connectivity index (χ3n) is 3.69. The fraction of sp³-hybridized carbons (Fsp3) is 0.529. The number of rotatable bonds is 7. The highest BCUT2D eigenvalue weighted by Crippen LogP contribution is 2.22. The molecule has 0 bridgehead atoms. The van der Waals surface area contributed by atoms with E-state index < -0.39 is 11.9 Å².